The maximum absolute atomic E-state index is 9.68. The molecule has 0 atom stereocenters. The molecule has 1 N–H and O–H groups in total. The molecule has 112 valence electrons. The number of fused-ring (bicyclic) bond motifs is 3. The third-order valence-corrected chi connectivity index (χ3v) is 4.58. The highest BCUT2D eigenvalue weighted by atomic mass is 16.3. The molecule has 0 spiro atoms. The summed E-state index contributed by atoms with van der Waals surface area (Å²) in [6.45, 7) is -0.116. The number of hydrogen-bond acceptors (Lipinski definition) is 5. The van der Waals surface area contributed by atoms with Crippen LogP contribution in [0.2, 0.25) is 0 Å². The van der Waals surface area contributed by atoms with Crippen molar-refractivity contribution < 1.29 is 9.52 Å². The first-order valence-corrected chi connectivity index (χ1v) is 7.55. The first kappa shape index (κ1) is 13.3. The zero-order chi connectivity index (χ0) is 15.1. The van der Waals surface area contributed by atoms with Gasteiger partial charge >= 0.3 is 0 Å². The minimum absolute atomic E-state index is 0.116. The molecule has 0 amide bonds. The zero-order valence-electron chi connectivity index (χ0n) is 12.1. The first-order chi connectivity index (χ1) is 10.8. The maximum atomic E-state index is 9.68. The standard InChI is InChI=1S/C16H16N4O2/c17-7-10-1-3-11(4-2-10)20-14(9-21)19-13-8-18-12-5-6-22-16(12)15(13)20/h5-6,8,10-11,21H,1-4,9H2. The SMILES string of the molecule is N#CC1CCC(n2c(CO)nc3cnc4ccoc4c32)CC1. The molecular formula is C16H16N4O2. The summed E-state index contributed by atoms with van der Waals surface area (Å²) in [6, 6.07) is 4.43. The number of imidazole rings is 1. The van der Waals surface area contributed by atoms with Crippen LogP contribution in [0.5, 0.6) is 0 Å². The second-order valence-corrected chi connectivity index (χ2v) is 5.82. The van der Waals surface area contributed by atoms with E-state index >= 15 is 0 Å². The van der Waals surface area contributed by atoms with Crippen LogP contribution in [-0.4, -0.2) is 19.6 Å². The third kappa shape index (κ3) is 1.90. The van der Waals surface area contributed by atoms with E-state index in [9.17, 15) is 5.11 Å². The highest BCUT2D eigenvalue weighted by molar-refractivity contribution is 5.98. The van der Waals surface area contributed by atoms with Crippen molar-refractivity contribution in [1.29, 1.82) is 5.26 Å². The predicted octanol–water partition coefficient (Wildman–Crippen LogP) is 2.92. The number of nitriles is 1. The van der Waals surface area contributed by atoms with E-state index in [-0.39, 0.29) is 18.6 Å². The van der Waals surface area contributed by atoms with Crippen LogP contribution in [0.1, 0.15) is 37.5 Å². The van der Waals surface area contributed by atoms with Gasteiger partial charge in [0.05, 0.1) is 18.5 Å². The molecule has 0 aliphatic heterocycles. The van der Waals surface area contributed by atoms with Crippen molar-refractivity contribution in [2.24, 2.45) is 5.92 Å². The van der Waals surface area contributed by atoms with Crippen LogP contribution in [0.25, 0.3) is 22.1 Å². The minimum atomic E-state index is -0.116. The Bertz CT molecular complexity index is 865. The summed E-state index contributed by atoms with van der Waals surface area (Å²) in [4.78, 5) is 8.83. The summed E-state index contributed by atoms with van der Waals surface area (Å²) in [5.41, 5.74) is 3.16. The Morgan fingerprint density at radius 1 is 1.32 bits per heavy atom. The number of aliphatic hydroxyl groups excluding tert-OH is 1. The van der Waals surface area contributed by atoms with Gasteiger partial charge < -0.3 is 14.1 Å². The van der Waals surface area contributed by atoms with Crippen molar-refractivity contribution in [2.45, 2.75) is 38.3 Å². The fraction of sp³-hybridized carbons (Fsp3) is 0.438. The second-order valence-electron chi connectivity index (χ2n) is 5.82. The Labute approximate surface area is 127 Å². The molecule has 0 unspecified atom stereocenters. The fourth-order valence-electron chi connectivity index (χ4n) is 3.49. The molecule has 1 fully saturated rings. The highest BCUT2D eigenvalue weighted by Crippen LogP contribution is 2.36. The van der Waals surface area contributed by atoms with Gasteiger partial charge in [0, 0.05) is 18.0 Å². The maximum Gasteiger partial charge on any atom is 0.178 e. The Balaban J connectivity index is 1.88. The number of nitrogens with zero attached hydrogens (tertiary/aromatic N) is 4. The van der Waals surface area contributed by atoms with Crippen molar-refractivity contribution in [1.82, 2.24) is 14.5 Å². The third-order valence-electron chi connectivity index (χ3n) is 4.58. The van der Waals surface area contributed by atoms with Gasteiger partial charge in [0.1, 0.15) is 29.0 Å². The van der Waals surface area contributed by atoms with Crippen LogP contribution in [0, 0.1) is 17.2 Å². The fourth-order valence-corrected chi connectivity index (χ4v) is 3.49. The molecule has 3 aromatic rings. The monoisotopic (exact) mass is 296 g/mol. The molecule has 6 nitrogen and oxygen atoms in total. The van der Waals surface area contributed by atoms with Crippen LogP contribution in [0.3, 0.4) is 0 Å². The molecule has 3 aromatic heterocycles. The topological polar surface area (TPSA) is 87.9 Å². The van der Waals surface area contributed by atoms with Gasteiger partial charge in [-0.25, -0.2) is 4.98 Å². The first-order valence-electron chi connectivity index (χ1n) is 7.55. The average Bonchev–Trinajstić information content (AvgIpc) is 3.18. The lowest BCUT2D eigenvalue weighted by atomic mass is 9.87. The van der Waals surface area contributed by atoms with Gasteiger partial charge in [-0.2, -0.15) is 5.26 Å². The second kappa shape index (κ2) is 5.11. The number of furan rings is 1. The van der Waals surface area contributed by atoms with Gasteiger partial charge in [0.15, 0.2) is 5.58 Å². The quantitative estimate of drug-likeness (QED) is 0.785. The van der Waals surface area contributed by atoms with Crippen LogP contribution < -0.4 is 0 Å². The number of rotatable bonds is 2. The molecule has 0 aromatic carbocycles. The lowest BCUT2D eigenvalue weighted by Gasteiger charge is -2.27. The lowest BCUT2D eigenvalue weighted by Crippen LogP contribution is -2.19. The number of pyridine rings is 1. The molecular weight excluding hydrogens is 280 g/mol. The van der Waals surface area contributed by atoms with E-state index in [0.29, 0.717) is 11.4 Å². The van der Waals surface area contributed by atoms with Gasteiger partial charge in [-0.15, -0.1) is 0 Å². The van der Waals surface area contributed by atoms with Crippen molar-refractivity contribution >= 4 is 22.1 Å². The number of aliphatic hydroxyl groups is 1. The van der Waals surface area contributed by atoms with Crippen molar-refractivity contribution in [2.75, 3.05) is 0 Å². The van der Waals surface area contributed by atoms with E-state index < -0.39 is 0 Å². The van der Waals surface area contributed by atoms with Crippen LogP contribution >= 0.6 is 0 Å². The van der Waals surface area contributed by atoms with Gasteiger partial charge in [-0.05, 0) is 25.7 Å². The molecule has 3 heterocycles. The van der Waals surface area contributed by atoms with Gasteiger partial charge in [0.2, 0.25) is 0 Å². The Hall–Kier alpha value is -2.39. The van der Waals surface area contributed by atoms with Crippen molar-refractivity contribution in [3.8, 4) is 6.07 Å². The van der Waals surface area contributed by atoms with Crippen LogP contribution in [0.4, 0.5) is 0 Å². The van der Waals surface area contributed by atoms with Crippen LogP contribution in [0.15, 0.2) is 22.9 Å². The summed E-state index contributed by atoms with van der Waals surface area (Å²) in [5.74, 6) is 0.787. The van der Waals surface area contributed by atoms with Crippen molar-refractivity contribution in [3.63, 3.8) is 0 Å². The van der Waals surface area contributed by atoms with Gasteiger partial charge in [-0.3, -0.25) is 4.98 Å². The number of aromatic nitrogens is 3. The highest BCUT2D eigenvalue weighted by Gasteiger charge is 2.27. The molecule has 1 aliphatic rings. The Morgan fingerprint density at radius 2 is 2.14 bits per heavy atom. The lowest BCUT2D eigenvalue weighted by molar-refractivity contribution is 0.248. The van der Waals surface area contributed by atoms with E-state index in [1.54, 1.807) is 12.5 Å². The Kier molecular flexibility index (Phi) is 3.09. The summed E-state index contributed by atoms with van der Waals surface area (Å²) >= 11 is 0. The molecule has 22 heavy (non-hydrogen) atoms. The largest absolute Gasteiger partial charge is 0.460 e. The van der Waals surface area contributed by atoms with Crippen LogP contribution in [-0.2, 0) is 6.61 Å². The number of hydrogen-bond donors (Lipinski definition) is 1. The molecule has 1 saturated carbocycles. The van der Waals surface area contributed by atoms with Gasteiger partial charge in [0.25, 0.3) is 0 Å². The minimum Gasteiger partial charge on any atom is -0.460 e. The van der Waals surface area contributed by atoms with E-state index in [4.69, 9.17) is 9.68 Å². The molecule has 6 heteroatoms. The summed E-state index contributed by atoms with van der Waals surface area (Å²) in [7, 11) is 0. The van der Waals surface area contributed by atoms with E-state index in [1.165, 1.54) is 0 Å². The average molecular weight is 296 g/mol. The predicted molar refractivity (Wildman–Crippen MR) is 79.8 cm³/mol. The summed E-state index contributed by atoms with van der Waals surface area (Å²) in [6.07, 6.45) is 6.96. The molecule has 0 saturated heterocycles. The molecule has 0 bridgehead atoms. The Morgan fingerprint density at radius 3 is 2.86 bits per heavy atom. The summed E-state index contributed by atoms with van der Waals surface area (Å²) < 4.78 is 7.70. The molecule has 0 radical (unpaired) electrons. The van der Waals surface area contributed by atoms with E-state index in [2.05, 4.69) is 20.6 Å². The van der Waals surface area contributed by atoms with Gasteiger partial charge in [-0.1, -0.05) is 0 Å². The van der Waals surface area contributed by atoms with Crippen molar-refractivity contribution in [3.05, 3.63) is 24.4 Å². The van der Waals surface area contributed by atoms with E-state index in [1.807, 2.05) is 6.07 Å². The smallest absolute Gasteiger partial charge is 0.178 e. The normalized spacial score (nSPS) is 22.2. The zero-order valence-corrected chi connectivity index (χ0v) is 12.1. The molecule has 1 aliphatic carbocycles. The van der Waals surface area contributed by atoms with E-state index in [0.717, 1.165) is 42.2 Å². The molecule has 4 rings (SSSR count). The summed E-state index contributed by atoms with van der Waals surface area (Å²) in [5, 5.41) is 18.7.